The van der Waals surface area contributed by atoms with E-state index in [0.717, 1.165) is 87.8 Å². The fourth-order valence-corrected chi connectivity index (χ4v) is 8.96. The van der Waals surface area contributed by atoms with Crippen LogP contribution in [0.4, 0.5) is 0 Å². The molecule has 5 rings (SSSR count). The first-order valence-corrected chi connectivity index (χ1v) is 18.7. The van der Waals surface area contributed by atoms with E-state index in [1.54, 1.807) is 47.0 Å². The van der Waals surface area contributed by atoms with Gasteiger partial charge in [0.1, 0.15) is 23.0 Å². The summed E-state index contributed by atoms with van der Waals surface area (Å²) < 4.78 is 25.9. The average Bonchev–Trinajstić information content (AvgIpc) is 3.03. The van der Waals surface area contributed by atoms with Crippen molar-refractivity contribution in [1.82, 2.24) is 0 Å². The summed E-state index contributed by atoms with van der Waals surface area (Å²) in [5.74, 6) is 3.60. The van der Waals surface area contributed by atoms with Gasteiger partial charge in [0.15, 0.2) is 0 Å². The van der Waals surface area contributed by atoms with Crippen LogP contribution in [0.1, 0.15) is 53.4 Å². The highest BCUT2D eigenvalue weighted by Crippen LogP contribution is 2.53. The van der Waals surface area contributed by atoms with E-state index in [1.807, 2.05) is 0 Å². The smallest absolute Gasteiger partial charge is 0.147 e. The molecule has 0 unspecified atom stereocenters. The van der Waals surface area contributed by atoms with Crippen molar-refractivity contribution in [2.45, 2.75) is 92.5 Å². The van der Waals surface area contributed by atoms with Crippen LogP contribution in [0, 0.1) is 0 Å². The average molecular weight is 665 g/mol. The predicted octanol–water partition coefficient (Wildman–Crippen LogP) is 11.8. The van der Waals surface area contributed by atoms with Crippen molar-refractivity contribution in [2.24, 2.45) is 0 Å². The number of para-hydroxylation sites is 4. The largest absolute Gasteiger partial charge is 0.491 e. The molecular weight excluding hydrogens is 625 g/mol. The normalized spacial score (nSPS) is 12.5. The number of fused-ring (bicyclic) bond motifs is 8. The summed E-state index contributed by atoms with van der Waals surface area (Å²) in [5, 5.41) is 0. The molecule has 0 saturated carbocycles. The summed E-state index contributed by atoms with van der Waals surface area (Å²) in [4.78, 5) is 8.52. The van der Waals surface area contributed by atoms with Crippen molar-refractivity contribution < 1.29 is 18.9 Å². The molecule has 4 aromatic carbocycles. The maximum atomic E-state index is 6.49. The van der Waals surface area contributed by atoms with Gasteiger partial charge in [0.2, 0.25) is 0 Å². The van der Waals surface area contributed by atoms with Crippen LogP contribution in [0.15, 0.2) is 112 Å². The topological polar surface area (TPSA) is 36.9 Å². The molecule has 4 aromatic rings. The fourth-order valence-electron chi connectivity index (χ4n) is 4.49. The van der Waals surface area contributed by atoms with Crippen molar-refractivity contribution in [3.8, 4) is 23.0 Å². The molecule has 0 spiro atoms. The molecule has 0 radical (unpaired) electrons. The van der Waals surface area contributed by atoms with Crippen LogP contribution in [0.25, 0.3) is 0 Å². The minimum absolute atomic E-state index is 0.643. The minimum Gasteiger partial charge on any atom is -0.491 e. The summed E-state index contributed by atoms with van der Waals surface area (Å²) in [5.41, 5.74) is 0. The lowest BCUT2D eigenvalue weighted by molar-refractivity contribution is 0.299. The maximum absolute atomic E-state index is 6.49. The van der Waals surface area contributed by atoms with E-state index in [-0.39, 0.29) is 0 Å². The van der Waals surface area contributed by atoms with E-state index in [0.29, 0.717) is 26.4 Å². The maximum Gasteiger partial charge on any atom is 0.147 e. The van der Waals surface area contributed by atoms with Crippen LogP contribution in [-0.2, 0) is 0 Å². The molecule has 0 N–H and O–H groups in total. The van der Waals surface area contributed by atoms with Gasteiger partial charge in [0, 0.05) is 0 Å². The third-order valence-electron chi connectivity index (χ3n) is 6.45. The van der Waals surface area contributed by atoms with Crippen LogP contribution in [-0.4, -0.2) is 26.4 Å². The van der Waals surface area contributed by atoms with E-state index in [9.17, 15) is 0 Å². The second kappa shape index (κ2) is 16.7. The number of hydrogen-bond donors (Lipinski definition) is 0. The lowest BCUT2D eigenvalue weighted by atomic mass is 10.3. The number of rotatable bonds is 12. The van der Waals surface area contributed by atoms with Gasteiger partial charge in [-0.05, 0) is 74.2 Å². The molecule has 0 fully saturated rings. The first kappa shape index (κ1) is 32.9. The van der Waals surface area contributed by atoms with Gasteiger partial charge in [-0.1, -0.05) is 99.0 Å². The summed E-state index contributed by atoms with van der Waals surface area (Å²) in [6.45, 7) is 11.1. The molecule has 0 atom stereocenters. The van der Waals surface area contributed by atoms with Gasteiger partial charge in [-0.2, -0.15) is 0 Å². The van der Waals surface area contributed by atoms with Crippen LogP contribution < -0.4 is 18.9 Å². The predicted molar refractivity (Wildman–Crippen MR) is 185 cm³/mol. The molecule has 44 heavy (non-hydrogen) atoms. The Balaban J connectivity index is 1.74. The van der Waals surface area contributed by atoms with Gasteiger partial charge in [-0.15, -0.1) is 0 Å². The zero-order valence-electron chi connectivity index (χ0n) is 25.9. The fraction of sp³-hybridized carbons (Fsp3) is 0.333. The van der Waals surface area contributed by atoms with Crippen molar-refractivity contribution in [2.75, 3.05) is 26.4 Å². The lowest BCUT2D eigenvalue weighted by Crippen LogP contribution is -2.02. The molecule has 1 aliphatic heterocycles. The Labute approximate surface area is 279 Å². The summed E-state index contributed by atoms with van der Waals surface area (Å²) >= 11 is 6.79. The van der Waals surface area contributed by atoms with Crippen molar-refractivity contribution in [3.63, 3.8) is 0 Å². The first-order chi connectivity index (χ1) is 21.7. The Morgan fingerprint density at radius 2 is 0.523 bits per heavy atom. The van der Waals surface area contributed by atoms with E-state index in [4.69, 9.17) is 18.9 Å². The first-order valence-electron chi connectivity index (χ1n) is 15.4. The monoisotopic (exact) mass is 664 g/mol. The molecule has 1 aliphatic rings. The summed E-state index contributed by atoms with van der Waals surface area (Å²) in [7, 11) is 0. The van der Waals surface area contributed by atoms with E-state index in [2.05, 4.69) is 100 Å². The highest BCUT2D eigenvalue weighted by Gasteiger charge is 2.23. The Bertz CT molecular complexity index is 1230. The zero-order valence-corrected chi connectivity index (χ0v) is 29.1. The molecule has 1 heterocycles. The number of ether oxygens (including phenoxy) is 4. The van der Waals surface area contributed by atoms with Crippen molar-refractivity contribution in [1.29, 1.82) is 0 Å². The number of hydrogen-bond acceptors (Lipinski definition) is 8. The van der Waals surface area contributed by atoms with Gasteiger partial charge in [-0.3, -0.25) is 0 Å². The molecule has 4 nitrogen and oxygen atoms in total. The van der Waals surface area contributed by atoms with Gasteiger partial charge < -0.3 is 18.9 Å². The summed E-state index contributed by atoms with van der Waals surface area (Å²) in [6, 6.07) is 25.6. The van der Waals surface area contributed by atoms with Crippen molar-refractivity contribution in [3.05, 3.63) is 72.8 Å². The molecule has 0 aliphatic carbocycles. The van der Waals surface area contributed by atoms with Crippen LogP contribution in [0.5, 0.6) is 23.0 Å². The third-order valence-corrected chi connectivity index (χ3v) is 10.8. The highest BCUT2D eigenvalue weighted by atomic mass is 32.2. The molecular formula is C36H40O4S4. The quantitative estimate of drug-likeness (QED) is 0.130. The lowest BCUT2D eigenvalue weighted by Gasteiger charge is -2.21. The molecule has 232 valence electrons. The Morgan fingerprint density at radius 1 is 0.341 bits per heavy atom. The second-order valence-corrected chi connectivity index (χ2v) is 14.5. The van der Waals surface area contributed by atoms with Crippen LogP contribution >= 0.6 is 47.0 Å². The van der Waals surface area contributed by atoms with Gasteiger partial charge in [-0.25, -0.2) is 0 Å². The zero-order chi connectivity index (χ0) is 30.7. The SMILES string of the molecule is CCCOc1c2cccc1Sc1cccc(c1OCCC)Sc1cccc(c1OCCC)Sc1cccc(c1OCCC)S2. The van der Waals surface area contributed by atoms with Crippen LogP contribution in [0.3, 0.4) is 0 Å². The van der Waals surface area contributed by atoms with Gasteiger partial charge in [0.05, 0.1) is 65.6 Å². The molecule has 0 saturated heterocycles. The van der Waals surface area contributed by atoms with Gasteiger partial charge >= 0.3 is 0 Å². The molecule has 0 aromatic heterocycles. The second-order valence-electron chi connectivity index (χ2n) is 10.1. The third kappa shape index (κ3) is 8.00. The Kier molecular flexibility index (Phi) is 12.5. The van der Waals surface area contributed by atoms with E-state index in [1.165, 1.54) is 0 Å². The Morgan fingerprint density at radius 3 is 0.682 bits per heavy atom. The van der Waals surface area contributed by atoms with Crippen molar-refractivity contribution >= 4 is 47.0 Å². The highest BCUT2D eigenvalue weighted by molar-refractivity contribution is 8.01. The van der Waals surface area contributed by atoms with Crippen LogP contribution in [0.2, 0.25) is 0 Å². The summed E-state index contributed by atoms with van der Waals surface area (Å²) in [6.07, 6.45) is 3.71. The van der Waals surface area contributed by atoms with Gasteiger partial charge in [0.25, 0.3) is 0 Å². The molecule has 8 bridgehead atoms. The standard InChI is InChI=1S/C36H40O4S4/c1-5-21-37-33-25-13-9-14-26(33)42-28-16-11-18-30(35(28)39-23-7-3)44-32-20-12-19-31(36(32)40-24-8-4)43-29-17-10-15-27(41-25)34(29)38-22-6-2/h9-20H,5-8,21-24H2,1-4H3. The molecule has 8 heteroatoms. The van der Waals surface area contributed by atoms with E-state index >= 15 is 0 Å². The Hall–Kier alpha value is -2.52. The minimum atomic E-state index is 0.643. The van der Waals surface area contributed by atoms with E-state index < -0.39 is 0 Å². The molecule has 0 amide bonds. The number of benzene rings is 4.